The molecular weight excluding hydrogens is 311 g/mol. The Morgan fingerprint density at radius 3 is 2.62 bits per heavy atom. The molecule has 2 aromatic rings. The molecule has 0 unspecified atom stereocenters. The number of fused-ring (bicyclic) bond motifs is 1. The van der Waals surface area contributed by atoms with Crippen LogP contribution in [0.15, 0.2) is 12.3 Å². The van der Waals surface area contributed by atoms with Crippen LogP contribution in [-0.2, 0) is 11.8 Å². The van der Waals surface area contributed by atoms with Gasteiger partial charge in [-0.15, -0.1) is 0 Å². The maximum Gasteiger partial charge on any atom is 0.343 e. The van der Waals surface area contributed by atoms with E-state index in [4.69, 9.17) is 4.74 Å². The summed E-state index contributed by atoms with van der Waals surface area (Å²) < 4.78 is 20.9. The summed E-state index contributed by atoms with van der Waals surface area (Å²) in [5.74, 6) is -1.29. The molecule has 1 aromatic carbocycles. The van der Waals surface area contributed by atoms with Gasteiger partial charge in [-0.2, -0.15) is 5.10 Å². The van der Waals surface area contributed by atoms with Gasteiger partial charge >= 0.3 is 5.97 Å². The molecule has 3 rings (SSSR count). The van der Waals surface area contributed by atoms with E-state index in [9.17, 15) is 9.18 Å². The lowest BCUT2D eigenvalue weighted by Gasteiger charge is -2.36. The molecule has 0 N–H and O–H groups in total. The minimum Gasteiger partial charge on any atom is -0.465 e. The second-order valence-electron chi connectivity index (χ2n) is 6.49. The number of esters is 1. The third-order valence-corrected chi connectivity index (χ3v) is 4.77. The first-order valence-electron chi connectivity index (χ1n) is 8.08. The van der Waals surface area contributed by atoms with Gasteiger partial charge < -0.3 is 14.5 Å². The zero-order chi connectivity index (χ0) is 17.4. The van der Waals surface area contributed by atoms with Gasteiger partial charge in [-0.3, -0.25) is 4.68 Å². The van der Waals surface area contributed by atoms with Gasteiger partial charge in [-0.25, -0.2) is 9.18 Å². The fourth-order valence-electron chi connectivity index (χ4n) is 3.42. The summed E-state index contributed by atoms with van der Waals surface area (Å²) in [6, 6.07) is 1.98. The summed E-state index contributed by atoms with van der Waals surface area (Å²) >= 11 is 0. The Morgan fingerprint density at radius 2 is 2.04 bits per heavy atom. The van der Waals surface area contributed by atoms with Crippen LogP contribution in [-0.4, -0.2) is 61.0 Å². The average Bonchev–Trinajstić information content (AvgIpc) is 2.94. The number of carbonyl (C=O) groups excluding carboxylic acids is 1. The highest BCUT2D eigenvalue weighted by Crippen LogP contribution is 2.33. The molecular formula is C17H23FN4O2. The first kappa shape index (κ1) is 16.7. The molecule has 24 heavy (non-hydrogen) atoms. The van der Waals surface area contributed by atoms with Crippen molar-refractivity contribution >= 4 is 22.6 Å². The average molecular weight is 334 g/mol. The van der Waals surface area contributed by atoms with Crippen LogP contribution in [0, 0.1) is 5.82 Å². The van der Waals surface area contributed by atoms with E-state index >= 15 is 0 Å². The van der Waals surface area contributed by atoms with E-state index in [1.54, 1.807) is 11.7 Å². The number of ether oxygens (including phenoxy) is 1. The predicted molar refractivity (Wildman–Crippen MR) is 90.9 cm³/mol. The maximum absolute atomic E-state index is 14.6. The normalized spacial score (nSPS) is 16.2. The summed E-state index contributed by atoms with van der Waals surface area (Å²) in [7, 11) is 7.19. The highest BCUT2D eigenvalue weighted by atomic mass is 19.1. The fourth-order valence-corrected chi connectivity index (χ4v) is 3.42. The second-order valence-corrected chi connectivity index (χ2v) is 6.49. The van der Waals surface area contributed by atoms with Crippen LogP contribution in [0.2, 0.25) is 0 Å². The lowest BCUT2D eigenvalue weighted by molar-refractivity contribution is 0.0597. The van der Waals surface area contributed by atoms with Gasteiger partial charge in [0.05, 0.1) is 12.8 Å². The Morgan fingerprint density at radius 1 is 1.38 bits per heavy atom. The van der Waals surface area contributed by atoms with Gasteiger partial charge in [0, 0.05) is 37.8 Å². The number of aryl methyl sites for hydroxylation is 1. The minimum atomic E-state index is -0.700. The van der Waals surface area contributed by atoms with Crippen molar-refractivity contribution in [2.24, 2.45) is 7.05 Å². The molecule has 0 aliphatic carbocycles. The van der Waals surface area contributed by atoms with Crippen LogP contribution in [0.4, 0.5) is 10.1 Å². The van der Waals surface area contributed by atoms with Gasteiger partial charge in [-0.1, -0.05) is 0 Å². The molecule has 1 aromatic heterocycles. The second kappa shape index (κ2) is 6.39. The van der Waals surface area contributed by atoms with Crippen molar-refractivity contribution in [2.45, 2.75) is 18.9 Å². The standard InChI is InChI=1S/C17H23FN4O2/c1-20(2)11-5-7-22(8-6-11)14-9-13(18)15(17(23)24-4)16-12(14)10-21(3)19-16/h9-11H,5-8H2,1-4H3. The zero-order valence-corrected chi connectivity index (χ0v) is 14.5. The molecule has 0 amide bonds. The van der Waals surface area contributed by atoms with Crippen molar-refractivity contribution in [1.29, 1.82) is 0 Å². The van der Waals surface area contributed by atoms with E-state index in [0.717, 1.165) is 37.0 Å². The molecule has 1 fully saturated rings. The van der Waals surface area contributed by atoms with Crippen LogP contribution >= 0.6 is 0 Å². The monoisotopic (exact) mass is 334 g/mol. The lowest BCUT2D eigenvalue weighted by atomic mass is 10.0. The number of aromatic nitrogens is 2. The first-order chi connectivity index (χ1) is 11.4. The number of carbonyl (C=O) groups is 1. The van der Waals surface area contributed by atoms with Crippen LogP contribution in [0.5, 0.6) is 0 Å². The Kier molecular flexibility index (Phi) is 4.45. The third-order valence-electron chi connectivity index (χ3n) is 4.77. The highest BCUT2D eigenvalue weighted by molar-refractivity contribution is 6.07. The smallest absolute Gasteiger partial charge is 0.343 e. The number of rotatable bonds is 3. The van der Waals surface area contributed by atoms with Gasteiger partial charge in [-0.05, 0) is 33.0 Å². The van der Waals surface area contributed by atoms with E-state index in [0.29, 0.717) is 11.6 Å². The Hall–Kier alpha value is -2.15. The summed E-state index contributed by atoms with van der Waals surface area (Å²) in [5.41, 5.74) is 1.05. The van der Waals surface area contributed by atoms with Crippen LogP contribution in [0.3, 0.4) is 0 Å². The lowest BCUT2D eigenvalue weighted by Crippen LogP contribution is -2.42. The van der Waals surface area contributed by atoms with Gasteiger partial charge in [0.1, 0.15) is 16.9 Å². The number of nitrogens with zero attached hydrogens (tertiary/aromatic N) is 4. The van der Waals surface area contributed by atoms with E-state index in [2.05, 4.69) is 29.0 Å². The fraction of sp³-hybridized carbons (Fsp3) is 0.529. The number of benzene rings is 1. The van der Waals surface area contributed by atoms with Crippen molar-refractivity contribution < 1.29 is 13.9 Å². The van der Waals surface area contributed by atoms with Crippen molar-refractivity contribution in [1.82, 2.24) is 14.7 Å². The molecule has 1 aliphatic heterocycles. The topological polar surface area (TPSA) is 50.6 Å². The minimum absolute atomic E-state index is 0.0972. The maximum atomic E-state index is 14.6. The molecule has 0 spiro atoms. The van der Waals surface area contributed by atoms with Crippen LogP contribution in [0.1, 0.15) is 23.2 Å². The quantitative estimate of drug-likeness (QED) is 0.804. The molecule has 7 heteroatoms. The summed E-state index contributed by atoms with van der Waals surface area (Å²) in [6.07, 6.45) is 3.87. The van der Waals surface area contributed by atoms with Gasteiger partial charge in [0.25, 0.3) is 0 Å². The van der Waals surface area contributed by atoms with E-state index in [-0.39, 0.29) is 5.56 Å². The number of hydrogen-bond donors (Lipinski definition) is 0. The molecule has 1 saturated heterocycles. The SMILES string of the molecule is COC(=O)c1c(F)cc(N2CCC(N(C)C)CC2)c2cn(C)nc12. The molecule has 130 valence electrons. The van der Waals surface area contributed by atoms with Gasteiger partial charge in [0.15, 0.2) is 0 Å². The van der Waals surface area contributed by atoms with Crippen molar-refractivity contribution in [2.75, 3.05) is 39.2 Å². The first-order valence-corrected chi connectivity index (χ1v) is 8.08. The molecule has 2 heterocycles. The Bertz CT molecular complexity index is 764. The van der Waals surface area contributed by atoms with Crippen molar-refractivity contribution in [3.8, 4) is 0 Å². The third kappa shape index (κ3) is 2.84. The number of halogens is 1. The molecule has 0 radical (unpaired) electrons. The van der Waals surface area contributed by atoms with E-state index < -0.39 is 11.8 Å². The van der Waals surface area contributed by atoms with Crippen molar-refractivity contribution in [3.05, 3.63) is 23.6 Å². The summed E-state index contributed by atoms with van der Waals surface area (Å²) in [4.78, 5) is 16.3. The van der Waals surface area contributed by atoms with Crippen LogP contribution < -0.4 is 4.90 Å². The number of methoxy groups -OCH3 is 1. The van der Waals surface area contributed by atoms with Crippen LogP contribution in [0.25, 0.3) is 10.9 Å². The number of anilines is 1. The molecule has 1 aliphatic rings. The van der Waals surface area contributed by atoms with E-state index in [1.807, 2.05) is 6.20 Å². The Labute approximate surface area is 140 Å². The van der Waals surface area contributed by atoms with E-state index in [1.165, 1.54) is 13.2 Å². The number of hydrogen-bond acceptors (Lipinski definition) is 5. The molecule has 6 nitrogen and oxygen atoms in total. The summed E-state index contributed by atoms with van der Waals surface area (Å²) in [6.45, 7) is 1.70. The Balaban J connectivity index is 2.02. The molecule has 0 bridgehead atoms. The largest absolute Gasteiger partial charge is 0.465 e. The van der Waals surface area contributed by atoms with Crippen molar-refractivity contribution in [3.63, 3.8) is 0 Å². The highest BCUT2D eigenvalue weighted by Gasteiger charge is 2.26. The summed E-state index contributed by atoms with van der Waals surface area (Å²) in [5, 5.41) is 5.06. The predicted octanol–water partition coefficient (Wildman–Crippen LogP) is 2.03. The number of piperidine rings is 1. The molecule has 0 atom stereocenters. The van der Waals surface area contributed by atoms with Gasteiger partial charge in [0.2, 0.25) is 0 Å². The molecule has 0 saturated carbocycles. The zero-order valence-electron chi connectivity index (χ0n) is 14.5.